The van der Waals surface area contributed by atoms with Gasteiger partial charge in [0.05, 0.1) is 5.60 Å². The first kappa shape index (κ1) is 16.0. The number of hydrogen-bond donors (Lipinski definition) is 2. The number of carbonyl (C=O) groups is 1. The van der Waals surface area contributed by atoms with Crippen molar-refractivity contribution in [1.82, 2.24) is 9.88 Å². The fourth-order valence-electron chi connectivity index (χ4n) is 4.18. The summed E-state index contributed by atoms with van der Waals surface area (Å²) in [6.07, 6.45) is 6.09. The standard InChI is InChI=1S/C19H20FN3O2/c20-14-4-1-5-15(9-14)22-18(24)23-16-6-7-17(23)11-19(25,10-16)13-3-2-8-21-12-13/h1-5,8-9,12,16-17,25H,6-7,10-11H2,(H,22,24)/t16-,17-/m1/s1. The number of amides is 2. The quantitative estimate of drug-likeness (QED) is 0.881. The predicted octanol–water partition coefficient (Wildman–Crippen LogP) is 3.27. The van der Waals surface area contributed by atoms with E-state index in [1.165, 1.54) is 12.1 Å². The molecule has 0 spiro atoms. The van der Waals surface area contributed by atoms with E-state index in [1.54, 1.807) is 24.5 Å². The average molecular weight is 341 g/mol. The van der Waals surface area contributed by atoms with Crippen molar-refractivity contribution in [2.24, 2.45) is 0 Å². The number of rotatable bonds is 2. The van der Waals surface area contributed by atoms with Gasteiger partial charge in [-0.1, -0.05) is 12.1 Å². The Labute approximate surface area is 145 Å². The zero-order valence-electron chi connectivity index (χ0n) is 13.7. The van der Waals surface area contributed by atoms with Crippen LogP contribution in [0.1, 0.15) is 31.2 Å². The molecule has 2 saturated heterocycles. The third kappa shape index (κ3) is 2.98. The molecule has 25 heavy (non-hydrogen) atoms. The van der Waals surface area contributed by atoms with Gasteiger partial charge >= 0.3 is 6.03 Å². The summed E-state index contributed by atoms with van der Waals surface area (Å²) in [7, 11) is 0. The van der Waals surface area contributed by atoms with Crippen molar-refractivity contribution in [3.05, 3.63) is 60.2 Å². The van der Waals surface area contributed by atoms with Gasteiger partial charge in [0, 0.05) is 48.6 Å². The Morgan fingerprint density at radius 2 is 2.00 bits per heavy atom. The summed E-state index contributed by atoms with van der Waals surface area (Å²) in [5.41, 5.74) is 0.296. The summed E-state index contributed by atoms with van der Waals surface area (Å²) >= 11 is 0. The first-order valence-corrected chi connectivity index (χ1v) is 8.53. The molecule has 4 rings (SSSR count). The van der Waals surface area contributed by atoms with Gasteiger partial charge in [0.15, 0.2) is 0 Å². The smallest absolute Gasteiger partial charge is 0.322 e. The Morgan fingerprint density at radius 3 is 2.64 bits per heavy atom. The van der Waals surface area contributed by atoms with E-state index in [0.717, 1.165) is 18.4 Å². The van der Waals surface area contributed by atoms with Gasteiger partial charge in [0.25, 0.3) is 0 Å². The van der Waals surface area contributed by atoms with E-state index in [0.29, 0.717) is 18.5 Å². The number of hydrogen-bond acceptors (Lipinski definition) is 3. The highest BCUT2D eigenvalue weighted by atomic mass is 19.1. The van der Waals surface area contributed by atoms with E-state index in [1.807, 2.05) is 17.0 Å². The van der Waals surface area contributed by atoms with E-state index in [-0.39, 0.29) is 23.9 Å². The molecule has 1 aromatic heterocycles. The highest BCUT2D eigenvalue weighted by Gasteiger charge is 2.50. The number of urea groups is 1. The molecule has 0 unspecified atom stereocenters. The third-order valence-electron chi connectivity index (χ3n) is 5.28. The minimum atomic E-state index is -0.949. The lowest BCUT2D eigenvalue weighted by atomic mass is 9.81. The van der Waals surface area contributed by atoms with E-state index >= 15 is 0 Å². The van der Waals surface area contributed by atoms with Gasteiger partial charge < -0.3 is 15.3 Å². The van der Waals surface area contributed by atoms with Crippen LogP contribution in [-0.4, -0.2) is 33.1 Å². The maximum Gasteiger partial charge on any atom is 0.322 e. The summed E-state index contributed by atoms with van der Waals surface area (Å²) in [6, 6.07) is 9.29. The predicted molar refractivity (Wildman–Crippen MR) is 91.4 cm³/mol. The lowest BCUT2D eigenvalue weighted by Gasteiger charge is -2.43. The van der Waals surface area contributed by atoms with Crippen molar-refractivity contribution >= 4 is 11.7 Å². The van der Waals surface area contributed by atoms with Gasteiger partial charge in [-0.05, 0) is 37.1 Å². The Kier molecular flexibility index (Phi) is 3.92. The summed E-state index contributed by atoms with van der Waals surface area (Å²) in [5.74, 6) is -0.384. The highest BCUT2D eigenvalue weighted by Crippen LogP contribution is 2.45. The largest absolute Gasteiger partial charge is 0.385 e. The molecule has 2 atom stereocenters. The number of piperidine rings is 1. The van der Waals surface area contributed by atoms with Crippen LogP contribution in [0.25, 0.3) is 0 Å². The zero-order chi connectivity index (χ0) is 17.4. The van der Waals surface area contributed by atoms with Crippen LogP contribution in [0.5, 0.6) is 0 Å². The van der Waals surface area contributed by atoms with Crippen LogP contribution >= 0.6 is 0 Å². The highest BCUT2D eigenvalue weighted by molar-refractivity contribution is 5.90. The number of aliphatic hydroxyl groups is 1. The number of anilines is 1. The lowest BCUT2D eigenvalue weighted by Crippen LogP contribution is -2.53. The number of fused-ring (bicyclic) bond motifs is 2. The maximum absolute atomic E-state index is 13.3. The molecule has 0 radical (unpaired) electrons. The van der Waals surface area contributed by atoms with Crippen LogP contribution in [0.15, 0.2) is 48.8 Å². The van der Waals surface area contributed by atoms with Crippen molar-refractivity contribution < 1.29 is 14.3 Å². The minimum Gasteiger partial charge on any atom is -0.385 e. The number of nitrogens with zero attached hydrogens (tertiary/aromatic N) is 2. The molecule has 2 amide bonds. The van der Waals surface area contributed by atoms with Crippen LogP contribution < -0.4 is 5.32 Å². The molecular weight excluding hydrogens is 321 g/mol. The number of nitrogens with one attached hydrogen (secondary N) is 1. The molecule has 2 aliphatic rings. The Balaban J connectivity index is 1.52. The topological polar surface area (TPSA) is 65.5 Å². The van der Waals surface area contributed by atoms with Gasteiger partial charge in [-0.15, -0.1) is 0 Å². The molecule has 1 aromatic carbocycles. The molecular formula is C19H20FN3O2. The molecule has 0 saturated carbocycles. The van der Waals surface area contributed by atoms with Crippen LogP contribution in [0.2, 0.25) is 0 Å². The first-order chi connectivity index (χ1) is 12.0. The summed E-state index contributed by atoms with van der Waals surface area (Å²) < 4.78 is 13.3. The van der Waals surface area contributed by atoms with E-state index in [4.69, 9.17) is 0 Å². The monoisotopic (exact) mass is 341 g/mol. The van der Waals surface area contributed by atoms with Crippen LogP contribution in [0.4, 0.5) is 14.9 Å². The molecule has 2 N–H and O–H groups in total. The fraction of sp³-hybridized carbons (Fsp3) is 0.368. The molecule has 2 aliphatic heterocycles. The Morgan fingerprint density at radius 1 is 1.24 bits per heavy atom. The Hall–Kier alpha value is -2.47. The van der Waals surface area contributed by atoms with Crippen molar-refractivity contribution in [2.75, 3.05) is 5.32 Å². The van der Waals surface area contributed by atoms with E-state index in [9.17, 15) is 14.3 Å². The van der Waals surface area contributed by atoms with Crippen molar-refractivity contribution in [1.29, 1.82) is 0 Å². The van der Waals surface area contributed by atoms with E-state index < -0.39 is 5.60 Å². The van der Waals surface area contributed by atoms with E-state index in [2.05, 4.69) is 10.3 Å². The fourth-order valence-corrected chi connectivity index (χ4v) is 4.18. The van der Waals surface area contributed by atoms with Gasteiger partial charge in [0.1, 0.15) is 5.82 Å². The molecule has 0 aliphatic carbocycles. The second-order valence-electron chi connectivity index (χ2n) is 6.91. The molecule has 5 nitrogen and oxygen atoms in total. The van der Waals surface area contributed by atoms with Gasteiger partial charge in [-0.3, -0.25) is 4.98 Å². The van der Waals surface area contributed by atoms with Gasteiger partial charge in [-0.25, -0.2) is 9.18 Å². The average Bonchev–Trinajstić information content (AvgIpc) is 2.88. The molecule has 130 valence electrons. The molecule has 2 bridgehead atoms. The van der Waals surface area contributed by atoms with Crippen LogP contribution in [0, 0.1) is 5.82 Å². The summed E-state index contributed by atoms with van der Waals surface area (Å²) in [4.78, 5) is 18.6. The van der Waals surface area contributed by atoms with Crippen LogP contribution in [0.3, 0.4) is 0 Å². The molecule has 3 heterocycles. The first-order valence-electron chi connectivity index (χ1n) is 8.53. The maximum atomic E-state index is 13.3. The third-order valence-corrected chi connectivity index (χ3v) is 5.28. The number of carbonyl (C=O) groups excluding carboxylic acids is 1. The van der Waals surface area contributed by atoms with Crippen molar-refractivity contribution in [2.45, 2.75) is 43.4 Å². The minimum absolute atomic E-state index is 0.0301. The van der Waals surface area contributed by atoms with Gasteiger partial charge in [0.2, 0.25) is 0 Å². The van der Waals surface area contributed by atoms with Crippen molar-refractivity contribution in [3.63, 3.8) is 0 Å². The molecule has 6 heteroatoms. The molecule has 2 aromatic rings. The Bertz CT molecular complexity index is 769. The van der Waals surface area contributed by atoms with Crippen LogP contribution in [-0.2, 0) is 5.60 Å². The summed E-state index contributed by atoms with van der Waals surface area (Å²) in [6.45, 7) is 0. The van der Waals surface area contributed by atoms with Crippen molar-refractivity contribution in [3.8, 4) is 0 Å². The second kappa shape index (κ2) is 6.11. The normalized spacial score (nSPS) is 28.0. The lowest BCUT2D eigenvalue weighted by molar-refractivity contribution is -0.0424. The molecule has 2 fully saturated rings. The number of pyridine rings is 1. The number of benzene rings is 1. The number of aromatic nitrogens is 1. The van der Waals surface area contributed by atoms with Gasteiger partial charge in [-0.2, -0.15) is 0 Å². The zero-order valence-corrected chi connectivity index (χ0v) is 13.7. The SMILES string of the molecule is O=C(Nc1cccc(F)c1)N1[C@@H]2CC[C@@H]1CC(O)(c1cccnc1)C2. The summed E-state index contributed by atoms with van der Waals surface area (Å²) in [5, 5.41) is 13.9. The number of halogens is 1. The second-order valence-corrected chi connectivity index (χ2v) is 6.91.